The topological polar surface area (TPSA) is 60.9 Å². The zero-order valence-corrected chi connectivity index (χ0v) is 11.5. The summed E-state index contributed by atoms with van der Waals surface area (Å²) in [4.78, 5) is 27.0. The van der Waals surface area contributed by atoms with Crippen molar-refractivity contribution in [3.63, 3.8) is 0 Å². The first-order valence-corrected chi connectivity index (χ1v) is 6.98. The number of aliphatic carboxylic acids is 1. The molecule has 2 heterocycles. The maximum atomic E-state index is 11.4. The van der Waals surface area contributed by atoms with Crippen molar-refractivity contribution in [3.8, 4) is 0 Å². The number of fused-ring (bicyclic) bond motifs is 1. The smallest absolute Gasteiger partial charge is 0.353 e. The standard InChI is InChI=1S/C12H18N2O3S/c1-13(2)6-4-3-5-8-11(12(16)17)14-9(15)7-10(14)18-8/h10H,3-7H2,1-2H3,(H,16,17)/t10-/m0/s1. The first kappa shape index (κ1) is 13.4. The Balaban J connectivity index is 1.94. The molecule has 18 heavy (non-hydrogen) atoms. The van der Waals surface area contributed by atoms with E-state index in [9.17, 15) is 14.7 Å². The van der Waals surface area contributed by atoms with Crippen LogP contribution in [0.5, 0.6) is 0 Å². The lowest BCUT2D eigenvalue weighted by Crippen LogP contribution is -2.48. The van der Waals surface area contributed by atoms with E-state index < -0.39 is 5.97 Å². The van der Waals surface area contributed by atoms with Gasteiger partial charge in [-0.15, -0.1) is 11.8 Å². The van der Waals surface area contributed by atoms with Crippen molar-refractivity contribution >= 4 is 23.6 Å². The van der Waals surface area contributed by atoms with Crippen molar-refractivity contribution < 1.29 is 14.7 Å². The fourth-order valence-corrected chi connectivity index (χ4v) is 3.66. The molecule has 2 aliphatic heterocycles. The summed E-state index contributed by atoms with van der Waals surface area (Å²) in [6, 6.07) is 0. The molecular formula is C12H18N2O3S. The maximum Gasteiger partial charge on any atom is 0.353 e. The first-order valence-electron chi connectivity index (χ1n) is 6.10. The fraction of sp³-hybridized carbons (Fsp3) is 0.667. The Morgan fingerprint density at radius 3 is 2.78 bits per heavy atom. The van der Waals surface area contributed by atoms with Gasteiger partial charge in [-0.1, -0.05) is 0 Å². The molecule has 0 saturated carbocycles. The summed E-state index contributed by atoms with van der Waals surface area (Å²) in [7, 11) is 4.05. The van der Waals surface area contributed by atoms with E-state index in [4.69, 9.17) is 0 Å². The third-order valence-electron chi connectivity index (χ3n) is 3.15. The number of β-lactam (4-membered cyclic amide) rings is 1. The van der Waals surface area contributed by atoms with Crippen LogP contribution in [0.25, 0.3) is 0 Å². The molecule has 0 aliphatic carbocycles. The van der Waals surface area contributed by atoms with E-state index >= 15 is 0 Å². The van der Waals surface area contributed by atoms with Gasteiger partial charge in [0.25, 0.3) is 0 Å². The van der Waals surface area contributed by atoms with Gasteiger partial charge in [-0.2, -0.15) is 0 Å². The van der Waals surface area contributed by atoms with E-state index in [1.807, 2.05) is 14.1 Å². The third-order valence-corrected chi connectivity index (χ3v) is 4.48. The lowest BCUT2D eigenvalue weighted by atomic mass is 10.1. The SMILES string of the molecule is CN(C)CCCCC1=C(C(=O)O)N2C(=O)C[C@@H]2S1. The van der Waals surface area contributed by atoms with Crippen LogP contribution in [-0.4, -0.2) is 52.8 Å². The van der Waals surface area contributed by atoms with Gasteiger partial charge in [0.2, 0.25) is 5.91 Å². The third kappa shape index (κ3) is 2.54. The lowest BCUT2D eigenvalue weighted by molar-refractivity contribution is -0.145. The Kier molecular flexibility index (Phi) is 3.97. The van der Waals surface area contributed by atoms with Crippen molar-refractivity contribution in [2.45, 2.75) is 31.1 Å². The van der Waals surface area contributed by atoms with E-state index in [2.05, 4.69) is 4.90 Å². The molecule has 1 saturated heterocycles. The minimum Gasteiger partial charge on any atom is -0.477 e. The van der Waals surface area contributed by atoms with Crippen molar-refractivity contribution in [1.82, 2.24) is 9.80 Å². The van der Waals surface area contributed by atoms with Crippen LogP contribution in [-0.2, 0) is 9.59 Å². The maximum absolute atomic E-state index is 11.4. The second kappa shape index (κ2) is 5.32. The van der Waals surface area contributed by atoms with Gasteiger partial charge in [0.05, 0.1) is 11.8 Å². The second-order valence-corrected chi connectivity index (χ2v) is 6.15. The zero-order chi connectivity index (χ0) is 13.3. The summed E-state index contributed by atoms with van der Waals surface area (Å²) in [6.07, 6.45) is 3.25. The van der Waals surface area contributed by atoms with E-state index in [1.54, 1.807) is 11.8 Å². The Bertz CT molecular complexity index is 406. The molecule has 0 aromatic rings. The molecule has 1 atom stereocenters. The van der Waals surface area contributed by atoms with Gasteiger partial charge in [0.1, 0.15) is 5.70 Å². The molecule has 5 nitrogen and oxygen atoms in total. The van der Waals surface area contributed by atoms with Gasteiger partial charge in [0, 0.05) is 4.91 Å². The van der Waals surface area contributed by atoms with E-state index in [-0.39, 0.29) is 17.0 Å². The number of carbonyl (C=O) groups is 2. The fourth-order valence-electron chi connectivity index (χ4n) is 2.22. The number of carboxylic acid groups (broad SMARTS) is 1. The second-order valence-electron chi connectivity index (χ2n) is 4.88. The summed E-state index contributed by atoms with van der Waals surface area (Å²) in [5, 5.41) is 9.24. The van der Waals surface area contributed by atoms with E-state index in [1.165, 1.54) is 4.90 Å². The molecule has 0 aromatic heterocycles. The number of hydrogen-bond donors (Lipinski definition) is 1. The van der Waals surface area contributed by atoms with Crippen molar-refractivity contribution in [2.24, 2.45) is 0 Å². The molecule has 2 rings (SSSR count). The molecule has 0 spiro atoms. The number of allylic oxidation sites excluding steroid dienone is 1. The summed E-state index contributed by atoms with van der Waals surface area (Å²) >= 11 is 1.55. The highest BCUT2D eigenvalue weighted by Gasteiger charge is 2.47. The highest BCUT2D eigenvalue weighted by Crippen LogP contribution is 2.47. The molecule has 0 unspecified atom stereocenters. The van der Waals surface area contributed by atoms with Crippen LogP contribution in [0.1, 0.15) is 25.7 Å². The molecule has 1 amide bonds. The van der Waals surface area contributed by atoms with Crippen LogP contribution in [0, 0.1) is 0 Å². The number of hydrogen-bond acceptors (Lipinski definition) is 4. The van der Waals surface area contributed by atoms with Crippen LogP contribution in [0.4, 0.5) is 0 Å². The van der Waals surface area contributed by atoms with Gasteiger partial charge in [0.15, 0.2) is 0 Å². The van der Waals surface area contributed by atoms with Crippen LogP contribution in [0.15, 0.2) is 10.6 Å². The quantitative estimate of drug-likeness (QED) is 0.582. The zero-order valence-electron chi connectivity index (χ0n) is 10.7. The Morgan fingerprint density at radius 2 is 2.22 bits per heavy atom. The van der Waals surface area contributed by atoms with Crippen molar-refractivity contribution in [2.75, 3.05) is 20.6 Å². The van der Waals surface area contributed by atoms with Gasteiger partial charge in [-0.05, 0) is 39.9 Å². The van der Waals surface area contributed by atoms with Gasteiger partial charge in [-0.3, -0.25) is 9.69 Å². The number of unbranched alkanes of at least 4 members (excludes halogenated alkanes) is 1. The highest BCUT2D eigenvalue weighted by molar-refractivity contribution is 8.04. The molecule has 6 heteroatoms. The summed E-state index contributed by atoms with van der Waals surface area (Å²) in [5.41, 5.74) is 0.228. The molecule has 1 fully saturated rings. The molecular weight excluding hydrogens is 252 g/mol. The molecule has 2 aliphatic rings. The van der Waals surface area contributed by atoms with Gasteiger partial charge in [-0.25, -0.2) is 4.79 Å². The summed E-state index contributed by atoms with van der Waals surface area (Å²) in [6.45, 7) is 1.01. The normalized spacial score (nSPS) is 22.5. The monoisotopic (exact) mass is 270 g/mol. The predicted octanol–water partition coefficient (Wildman–Crippen LogP) is 1.32. The summed E-state index contributed by atoms with van der Waals surface area (Å²) < 4.78 is 0. The minimum absolute atomic E-state index is 0.0486. The molecule has 0 radical (unpaired) electrons. The molecule has 1 N–H and O–H groups in total. The molecule has 100 valence electrons. The number of thioether (sulfide) groups is 1. The first-order chi connectivity index (χ1) is 8.50. The van der Waals surface area contributed by atoms with Gasteiger partial charge < -0.3 is 10.0 Å². The Hall–Kier alpha value is -1.01. The van der Waals surface area contributed by atoms with Crippen LogP contribution in [0.3, 0.4) is 0 Å². The summed E-state index contributed by atoms with van der Waals surface area (Å²) in [5.74, 6) is -1.03. The van der Waals surface area contributed by atoms with Crippen LogP contribution >= 0.6 is 11.8 Å². The highest BCUT2D eigenvalue weighted by atomic mass is 32.2. The van der Waals surface area contributed by atoms with Crippen LogP contribution < -0.4 is 0 Å². The minimum atomic E-state index is -0.972. The molecule has 0 aromatic carbocycles. The lowest BCUT2D eigenvalue weighted by Gasteiger charge is -2.33. The number of carboxylic acids is 1. The van der Waals surface area contributed by atoms with Crippen LogP contribution in [0.2, 0.25) is 0 Å². The van der Waals surface area contributed by atoms with Crippen molar-refractivity contribution in [3.05, 3.63) is 10.6 Å². The largest absolute Gasteiger partial charge is 0.477 e. The Labute approximate surface area is 111 Å². The van der Waals surface area contributed by atoms with Crippen molar-refractivity contribution in [1.29, 1.82) is 0 Å². The van der Waals surface area contributed by atoms with E-state index in [0.717, 1.165) is 30.7 Å². The van der Waals surface area contributed by atoms with E-state index in [0.29, 0.717) is 6.42 Å². The molecule has 0 bridgehead atoms. The number of rotatable bonds is 6. The average molecular weight is 270 g/mol. The van der Waals surface area contributed by atoms with Gasteiger partial charge >= 0.3 is 5.97 Å². The number of nitrogens with zero attached hydrogens (tertiary/aromatic N) is 2. The average Bonchev–Trinajstić information content (AvgIpc) is 2.57. The Morgan fingerprint density at radius 1 is 1.50 bits per heavy atom. The number of carbonyl (C=O) groups excluding carboxylic acids is 1. The number of amides is 1. The predicted molar refractivity (Wildman–Crippen MR) is 69.9 cm³/mol.